The van der Waals surface area contributed by atoms with Gasteiger partial charge in [0.25, 0.3) is 0 Å². The summed E-state index contributed by atoms with van der Waals surface area (Å²) in [7, 11) is 1.64. The topological polar surface area (TPSA) is 86.5 Å². The Morgan fingerprint density at radius 1 is 1.22 bits per heavy atom. The van der Waals surface area contributed by atoms with Crippen LogP contribution < -0.4 is 14.8 Å². The van der Waals surface area contributed by atoms with Crippen molar-refractivity contribution in [1.29, 1.82) is 0 Å². The van der Waals surface area contributed by atoms with Crippen molar-refractivity contribution in [1.82, 2.24) is 10.2 Å². The van der Waals surface area contributed by atoms with Crippen LogP contribution in [0.1, 0.15) is 24.4 Å². The molecule has 2 aromatic heterocycles. The summed E-state index contributed by atoms with van der Waals surface area (Å²) in [5.74, 6) is 1.17. The van der Waals surface area contributed by atoms with E-state index in [1.54, 1.807) is 13.4 Å². The zero-order chi connectivity index (χ0) is 22.7. The van der Waals surface area contributed by atoms with Crippen molar-refractivity contribution < 1.29 is 18.7 Å². The largest absolute Gasteiger partial charge is 0.497 e. The quantitative estimate of drug-likeness (QED) is 0.364. The first-order valence-corrected chi connectivity index (χ1v) is 10.9. The van der Waals surface area contributed by atoms with Gasteiger partial charge in [-0.15, -0.1) is 10.2 Å². The first-order valence-electron chi connectivity index (χ1n) is 10.1. The minimum Gasteiger partial charge on any atom is -0.497 e. The van der Waals surface area contributed by atoms with Gasteiger partial charge in [-0.3, -0.25) is 10.1 Å². The van der Waals surface area contributed by atoms with Crippen LogP contribution in [-0.4, -0.2) is 29.8 Å². The molecule has 4 aromatic rings. The minimum atomic E-state index is -0.274. The van der Waals surface area contributed by atoms with E-state index < -0.39 is 0 Å². The molecular formula is C24H23N3O4S. The van der Waals surface area contributed by atoms with E-state index in [0.717, 1.165) is 38.4 Å². The predicted molar refractivity (Wildman–Crippen MR) is 126 cm³/mol. The number of aryl methyl sites for hydroxylation is 1. The maximum Gasteiger partial charge on any atom is 0.250 e. The van der Waals surface area contributed by atoms with Gasteiger partial charge in [-0.05, 0) is 50.1 Å². The van der Waals surface area contributed by atoms with Crippen molar-refractivity contribution >= 4 is 38.9 Å². The van der Waals surface area contributed by atoms with Crippen LogP contribution in [0.25, 0.3) is 27.7 Å². The monoisotopic (exact) mass is 449 g/mol. The van der Waals surface area contributed by atoms with Crippen molar-refractivity contribution in [3.8, 4) is 22.6 Å². The number of amides is 1. The van der Waals surface area contributed by atoms with E-state index in [0.29, 0.717) is 23.1 Å². The second-order valence-corrected chi connectivity index (χ2v) is 8.28. The van der Waals surface area contributed by atoms with Gasteiger partial charge in [0.05, 0.1) is 20.0 Å². The second kappa shape index (κ2) is 9.23. The number of aromatic nitrogens is 2. The number of hydrogen-bond donors (Lipinski definition) is 1. The summed E-state index contributed by atoms with van der Waals surface area (Å²) >= 11 is 1.33. The van der Waals surface area contributed by atoms with Crippen LogP contribution in [-0.2, 0) is 4.79 Å². The molecule has 0 saturated carbocycles. The Hall–Kier alpha value is -3.65. The molecule has 0 saturated heterocycles. The van der Waals surface area contributed by atoms with Crippen molar-refractivity contribution in [2.75, 3.05) is 19.0 Å². The number of hydrogen-bond acceptors (Lipinski definition) is 7. The molecule has 4 rings (SSSR count). The fraction of sp³-hybridized carbons (Fsp3) is 0.208. The van der Waals surface area contributed by atoms with Crippen molar-refractivity contribution in [3.63, 3.8) is 0 Å². The molecule has 0 atom stereocenters. The summed E-state index contributed by atoms with van der Waals surface area (Å²) in [6, 6.07) is 11.7. The summed E-state index contributed by atoms with van der Waals surface area (Å²) < 4.78 is 16.9. The Morgan fingerprint density at radius 3 is 2.66 bits per heavy atom. The Kier molecular flexibility index (Phi) is 6.23. The highest BCUT2D eigenvalue weighted by Gasteiger charge is 2.16. The summed E-state index contributed by atoms with van der Waals surface area (Å²) in [5, 5.41) is 12.8. The summed E-state index contributed by atoms with van der Waals surface area (Å²) in [5.41, 5.74) is 4.25. The average molecular weight is 450 g/mol. The molecule has 0 spiro atoms. The molecule has 0 unspecified atom stereocenters. The first kappa shape index (κ1) is 21.6. The number of carbonyl (C=O) groups is 1. The number of allylic oxidation sites excluding steroid dienone is 1. The zero-order valence-electron chi connectivity index (χ0n) is 18.3. The molecule has 7 nitrogen and oxygen atoms in total. The normalized spacial score (nSPS) is 11.6. The van der Waals surface area contributed by atoms with E-state index in [1.807, 2.05) is 57.2 Å². The third-order valence-corrected chi connectivity index (χ3v) is 5.66. The highest BCUT2D eigenvalue weighted by molar-refractivity contribution is 7.15. The summed E-state index contributed by atoms with van der Waals surface area (Å²) in [6.45, 7) is 6.13. The lowest BCUT2D eigenvalue weighted by Crippen LogP contribution is -2.08. The van der Waals surface area contributed by atoms with E-state index in [-0.39, 0.29) is 5.91 Å². The Labute approximate surface area is 189 Å². The van der Waals surface area contributed by atoms with E-state index in [2.05, 4.69) is 15.5 Å². The van der Waals surface area contributed by atoms with E-state index in [9.17, 15) is 4.79 Å². The van der Waals surface area contributed by atoms with Gasteiger partial charge in [0.2, 0.25) is 11.0 Å². The maximum absolute atomic E-state index is 12.5. The molecule has 0 radical (unpaired) electrons. The molecule has 1 N–H and O–H groups in total. The fourth-order valence-electron chi connectivity index (χ4n) is 3.40. The number of rotatable bonds is 7. The van der Waals surface area contributed by atoms with Crippen molar-refractivity contribution in [2.45, 2.75) is 20.8 Å². The number of carbonyl (C=O) groups excluding carboxylic acids is 1. The van der Waals surface area contributed by atoms with E-state index in [1.165, 1.54) is 17.4 Å². The van der Waals surface area contributed by atoms with Gasteiger partial charge in [-0.2, -0.15) is 0 Å². The first-order chi connectivity index (χ1) is 15.5. The molecule has 0 bridgehead atoms. The van der Waals surface area contributed by atoms with Gasteiger partial charge in [0.1, 0.15) is 22.1 Å². The van der Waals surface area contributed by atoms with Crippen LogP contribution in [0.2, 0.25) is 0 Å². The third-order valence-electron chi connectivity index (χ3n) is 4.91. The highest BCUT2D eigenvalue weighted by Crippen LogP contribution is 2.38. The van der Waals surface area contributed by atoms with Crippen molar-refractivity contribution in [3.05, 3.63) is 59.3 Å². The molecular weight excluding hydrogens is 426 g/mol. The predicted octanol–water partition coefficient (Wildman–Crippen LogP) is 5.71. The minimum absolute atomic E-state index is 0.274. The lowest BCUT2D eigenvalue weighted by atomic mass is 9.99. The molecule has 2 heterocycles. The maximum atomic E-state index is 12.5. The van der Waals surface area contributed by atoms with E-state index in [4.69, 9.17) is 13.9 Å². The lowest BCUT2D eigenvalue weighted by molar-refractivity contribution is -0.111. The number of nitrogens with one attached hydrogen (secondary N) is 1. The van der Waals surface area contributed by atoms with Gasteiger partial charge < -0.3 is 13.9 Å². The van der Waals surface area contributed by atoms with Gasteiger partial charge in [0, 0.05) is 28.7 Å². The van der Waals surface area contributed by atoms with Crippen molar-refractivity contribution in [2.24, 2.45) is 0 Å². The number of ether oxygens (including phenoxy) is 2. The number of anilines is 1. The smallest absolute Gasteiger partial charge is 0.250 e. The molecule has 2 aromatic carbocycles. The Bertz CT molecular complexity index is 1290. The molecule has 0 aliphatic carbocycles. The van der Waals surface area contributed by atoms with Gasteiger partial charge in [-0.1, -0.05) is 23.5 Å². The summed E-state index contributed by atoms with van der Waals surface area (Å²) in [6.07, 6.45) is 3.27. The van der Waals surface area contributed by atoms with Crippen LogP contribution in [0.5, 0.6) is 11.5 Å². The fourth-order valence-corrected chi connectivity index (χ4v) is 3.99. The highest BCUT2D eigenvalue weighted by atomic mass is 32.1. The lowest BCUT2D eigenvalue weighted by Gasteiger charge is -2.11. The standard InChI is InChI=1S/C24H23N3O4S/c1-5-30-21-12-22-19(20(13-31-22)16-6-8-17(29-4)9-7-16)11-18(21)14(2)10-23(28)25-24-27-26-15(3)32-24/h6-13H,5H2,1-4H3,(H,25,27,28)/b14-10+. The van der Waals surface area contributed by atoms with Crippen LogP contribution in [0, 0.1) is 6.92 Å². The van der Waals surface area contributed by atoms with Gasteiger partial charge >= 0.3 is 0 Å². The SMILES string of the molecule is CCOc1cc2occ(-c3ccc(OC)cc3)c2cc1/C(C)=C/C(=O)Nc1nnc(C)s1. The molecule has 32 heavy (non-hydrogen) atoms. The number of nitrogens with zero attached hydrogens (tertiary/aromatic N) is 2. The molecule has 0 aliphatic heterocycles. The molecule has 1 amide bonds. The number of methoxy groups -OCH3 is 1. The zero-order valence-corrected chi connectivity index (χ0v) is 19.1. The molecule has 0 fully saturated rings. The average Bonchev–Trinajstić information content (AvgIpc) is 3.38. The van der Waals surface area contributed by atoms with Crippen LogP contribution >= 0.6 is 11.3 Å². The molecule has 8 heteroatoms. The Morgan fingerprint density at radius 2 is 2.00 bits per heavy atom. The van der Waals surface area contributed by atoms with E-state index >= 15 is 0 Å². The summed E-state index contributed by atoms with van der Waals surface area (Å²) in [4.78, 5) is 12.5. The Balaban J connectivity index is 1.72. The van der Waals surface area contributed by atoms with Gasteiger partial charge in [0.15, 0.2) is 0 Å². The molecule has 0 aliphatic rings. The third kappa shape index (κ3) is 4.50. The number of benzene rings is 2. The van der Waals surface area contributed by atoms with Gasteiger partial charge in [-0.25, -0.2) is 0 Å². The molecule has 164 valence electrons. The van der Waals surface area contributed by atoms with Crippen LogP contribution in [0.15, 0.2) is 53.2 Å². The second-order valence-electron chi connectivity index (χ2n) is 7.10. The van der Waals surface area contributed by atoms with Crippen LogP contribution in [0.4, 0.5) is 5.13 Å². The van der Waals surface area contributed by atoms with Crippen LogP contribution in [0.3, 0.4) is 0 Å². The number of fused-ring (bicyclic) bond motifs is 1. The number of furan rings is 1.